The lowest BCUT2D eigenvalue weighted by molar-refractivity contribution is -0.870. The molecule has 0 aliphatic rings. The first-order valence-electron chi connectivity index (χ1n) is 27.5. The minimum Gasteiger partial charge on any atom is -0.477 e. The van der Waals surface area contributed by atoms with E-state index >= 15 is 0 Å². The molecule has 0 fully saturated rings. The number of allylic oxidation sites excluding steroid dienone is 10. The first kappa shape index (κ1) is 64.0. The summed E-state index contributed by atoms with van der Waals surface area (Å²) in [7, 11) is 5.96. The summed E-state index contributed by atoms with van der Waals surface area (Å²) < 4.78 is 22.8. The Morgan fingerprint density at radius 3 is 1.27 bits per heavy atom. The highest BCUT2D eigenvalue weighted by atomic mass is 16.7. The van der Waals surface area contributed by atoms with Crippen LogP contribution < -0.4 is 0 Å². The molecular weight excluding hydrogens is 839 g/mol. The zero-order valence-corrected chi connectivity index (χ0v) is 44.1. The summed E-state index contributed by atoms with van der Waals surface area (Å²) in [5, 5.41) is 9.68. The van der Waals surface area contributed by atoms with E-state index in [4.69, 9.17) is 18.9 Å². The summed E-state index contributed by atoms with van der Waals surface area (Å²) in [5.41, 5.74) is 0. The van der Waals surface area contributed by atoms with Gasteiger partial charge in [-0.05, 0) is 57.8 Å². The van der Waals surface area contributed by atoms with Crippen molar-refractivity contribution in [1.29, 1.82) is 0 Å². The Balaban J connectivity index is 4.25. The first-order valence-corrected chi connectivity index (χ1v) is 27.5. The fraction of sp³-hybridized carbons (Fsp3) is 0.776. The molecule has 0 bridgehead atoms. The highest BCUT2D eigenvalue weighted by molar-refractivity contribution is 5.71. The molecule has 0 aliphatic heterocycles. The van der Waals surface area contributed by atoms with Crippen molar-refractivity contribution in [2.45, 2.75) is 245 Å². The molecule has 67 heavy (non-hydrogen) atoms. The number of hydrogen-bond acceptors (Lipinski definition) is 7. The number of rotatable bonds is 50. The van der Waals surface area contributed by atoms with E-state index < -0.39 is 24.3 Å². The maximum Gasteiger partial charge on any atom is 0.361 e. The van der Waals surface area contributed by atoms with Crippen molar-refractivity contribution in [3.8, 4) is 0 Å². The van der Waals surface area contributed by atoms with Crippen molar-refractivity contribution in [1.82, 2.24) is 0 Å². The minimum atomic E-state index is -1.51. The number of quaternary nitrogens is 1. The number of esters is 2. The van der Waals surface area contributed by atoms with Crippen molar-refractivity contribution in [3.63, 3.8) is 0 Å². The van der Waals surface area contributed by atoms with E-state index in [9.17, 15) is 19.5 Å². The Morgan fingerprint density at radius 1 is 0.463 bits per heavy atom. The fourth-order valence-electron chi connectivity index (χ4n) is 7.57. The van der Waals surface area contributed by atoms with E-state index in [1.165, 1.54) is 128 Å². The summed E-state index contributed by atoms with van der Waals surface area (Å²) in [5.74, 6) is -2.00. The van der Waals surface area contributed by atoms with Crippen LogP contribution in [0.5, 0.6) is 0 Å². The topological polar surface area (TPSA) is 108 Å². The van der Waals surface area contributed by atoms with Gasteiger partial charge >= 0.3 is 17.9 Å². The van der Waals surface area contributed by atoms with Crippen molar-refractivity contribution < 1.29 is 42.9 Å². The number of carboxylic acid groups (broad SMARTS) is 1. The minimum absolute atomic E-state index is 0.182. The van der Waals surface area contributed by atoms with E-state index in [1.807, 2.05) is 21.1 Å². The van der Waals surface area contributed by atoms with Gasteiger partial charge in [0, 0.05) is 12.8 Å². The zero-order valence-electron chi connectivity index (χ0n) is 44.1. The summed E-state index contributed by atoms with van der Waals surface area (Å²) in [6.45, 7) is 4.78. The third kappa shape index (κ3) is 50.7. The first-order chi connectivity index (χ1) is 32.6. The SMILES string of the molecule is CC/C=C\C/C=C\C/C=C\C/C=C\C/C=C\CCCCCCCCCCCCCC(=O)OC(COC(=O)CCCCCCCCCCCCCCCCC)COC(OCC[N+](C)(C)C)C(=O)O. The van der Waals surface area contributed by atoms with Gasteiger partial charge in [0.1, 0.15) is 13.2 Å². The fourth-order valence-corrected chi connectivity index (χ4v) is 7.57. The maximum absolute atomic E-state index is 12.9. The summed E-state index contributed by atoms with van der Waals surface area (Å²) >= 11 is 0. The van der Waals surface area contributed by atoms with Gasteiger partial charge in [0.05, 0.1) is 34.4 Å². The molecule has 0 aromatic heterocycles. The Hall–Kier alpha value is -3.01. The molecule has 0 spiro atoms. The van der Waals surface area contributed by atoms with Crippen molar-refractivity contribution >= 4 is 17.9 Å². The number of carboxylic acids is 1. The molecule has 2 atom stereocenters. The Morgan fingerprint density at radius 2 is 0.851 bits per heavy atom. The number of aliphatic carboxylic acids is 1. The summed E-state index contributed by atoms with van der Waals surface area (Å²) in [6.07, 6.45) is 58.6. The zero-order chi connectivity index (χ0) is 49.2. The van der Waals surface area contributed by atoms with Crippen LogP contribution in [-0.2, 0) is 33.3 Å². The monoisotopic (exact) mass is 943 g/mol. The Bertz CT molecular complexity index is 1280. The van der Waals surface area contributed by atoms with E-state index in [0.717, 1.165) is 77.0 Å². The second-order valence-electron chi connectivity index (χ2n) is 19.5. The molecular formula is C58H104NO8+. The summed E-state index contributed by atoms with van der Waals surface area (Å²) in [6, 6.07) is 0. The van der Waals surface area contributed by atoms with E-state index in [-0.39, 0.29) is 32.2 Å². The van der Waals surface area contributed by atoms with Crippen molar-refractivity contribution in [2.24, 2.45) is 0 Å². The number of ether oxygens (including phenoxy) is 4. The highest BCUT2D eigenvalue weighted by Crippen LogP contribution is 2.16. The van der Waals surface area contributed by atoms with E-state index in [0.29, 0.717) is 17.4 Å². The molecule has 0 aliphatic carbocycles. The van der Waals surface area contributed by atoms with Gasteiger partial charge in [-0.1, -0.05) is 222 Å². The van der Waals surface area contributed by atoms with Crippen LogP contribution in [0, 0.1) is 0 Å². The lowest BCUT2D eigenvalue weighted by atomic mass is 10.0. The number of carbonyl (C=O) groups excluding carboxylic acids is 2. The number of nitrogens with zero attached hydrogens (tertiary/aromatic N) is 1. The van der Waals surface area contributed by atoms with Crippen LogP contribution in [0.4, 0.5) is 0 Å². The predicted molar refractivity (Wildman–Crippen MR) is 281 cm³/mol. The van der Waals surface area contributed by atoms with Crippen LogP contribution in [-0.4, -0.2) is 87.4 Å². The molecule has 9 heteroatoms. The molecule has 0 saturated heterocycles. The van der Waals surface area contributed by atoms with Gasteiger partial charge in [-0.25, -0.2) is 4.79 Å². The van der Waals surface area contributed by atoms with Gasteiger partial charge in [-0.3, -0.25) is 9.59 Å². The number of carbonyl (C=O) groups is 3. The van der Waals surface area contributed by atoms with Gasteiger partial charge in [0.15, 0.2) is 6.10 Å². The average Bonchev–Trinajstić information content (AvgIpc) is 3.29. The van der Waals surface area contributed by atoms with E-state index in [2.05, 4.69) is 74.6 Å². The molecule has 0 aromatic carbocycles. The standard InChI is InChI=1S/C58H103NO8/c1-6-8-10-12-14-16-18-20-22-23-24-25-26-27-28-29-30-31-32-33-35-37-39-41-43-45-47-49-56(61)67-54(53-66-58(57(62)63)64-51-50-59(3,4)5)52-65-55(60)48-46-44-42-40-38-36-34-21-19-17-15-13-11-9-7-2/h8,10,14,16,20,22,24-25,27-28,54,58H,6-7,9,11-13,15,17-19,21,23,26,29-53H2,1-5H3/p+1/b10-8-,16-14-,22-20-,25-24-,28-27-. The predicted octanol–water partition coefficient (Wildman–Crippen LogP) is 15.7. The van der Waals surface area contributed by atoms with Crippen LogP contribution in [0.1, 0.15) is 232 Å². The third-order valence-electron chi connectivity index (χ3n) is 11.8. The van der Waals surface area contributed by atoms with Gasteiger partial charge < -0.3 is 28.5 Å². The molecule has 0 saturated carbocycles. The average molecular weight is 943 g/mol. The van der Waals surface area contributed by atoms with Crippen LogP contribution >= 0.6 is 0 Å². The second kappa shape index (κ2) is 49.4. The maximum atomic E-state index is 12.9. The van der Waals surface area contributed by atoms with Crippen LogP contribution in [0.25, 0.3) is 0 Å². The molecule has 9 nitrogen and oxygen atoms in total. The molecule has 0 heterocycles. The molecule has 0 amide bonds. The largest absolute Gasteiger partial charge is 0.477 e. The summed E-state index contributed by atoms with van der Waals surface area (Å²) in [4.78, 5) is 37.3. The lowest BCUT2D eigenvalue weighted by Crippen LogP contribution is -2.40. The second-order valence-corrected chi connectivity index (χ2v) is 19.5. The number of unbranched alkanes of at least 4 members (excludes halogenated alkanes) is 25. The van der Waals surface area contributed by atoms with Gasteiger partial charge in [0.25, 0.3) is 6.29 Å². The molecule has 388 valence electrons. The lowest BCUT2D eigenvalue weighted by Gasteiger charge is -2.25. The highest BCUT2D eigenvalue weighted by Gasteiger charge is 2.25. The number of likely N-dealkylation sites (N-methyl/N-ethyl adjacent to an activating group) is 1. The van der Waals surface area contributed by atoms with Crippen molar-refractivity contribution in [2.75, 3.05) is 47.5 Å². The molecule has 0 aromatic rings. The molecule has 1 N–H and O–H groups in total. The van der Waals surface area contributed by atoms with Crippen LogP contribution in [0.3, 0.4) is 0 Å². The van der Waals surface area contributed by atoms with Crippen LogP contribution in [0.15, 0.2) is 60.8 Å². The quantitative estimate of drug-likeness (QED) is 0.0211. The molecule has 2 unspecified atom stereocenters. The smallest absolute Gasteiger partial charge is 0.361 e. The molecule has 0 rings (SSSR count). The number of hydrogen-bond donors (Lipinski definition) is 1. The van der Waals surface area contributed by atoms with Gasteiger partial charge in [0.2, 0.25) is 0 Å². The Labute approximate surface area is 412 Å². The van der Waals surface area contributed by atoms with Crippen molar-refractivity contribution in [3.05, 3.63) is 60.8 Å². The third-order valence-corrected chi connectivity index (χ3v) is 11.8. The van der Waals surface area contributed by atoms with Gasteiger partial charge in [-0.2, -0.15) is 0 Å². The normalized spacial score (nSPS) is 13.3. The Kier molecular flexibility index (Phi) is 47.2. The van der Waals surface area contributed by atoms with Gasteiger partial charge in [-0.15, -0.1) is 0 Å². The molecule has 0 radical (unpaired) electrons. The van der Waals surface area contributed by atoms with E-state index in [1.54, 1.807) is 0 Å². The van der Waals surface area contributed by atoms with Crippen LogP contribution in [0.2, 0.25) is 0 Å².